The molecule has 3 unspecified atom stereocenters. The van der Waals surface area contributed by atoms with Crippen LogP contribution in [0.5, 0.6) is 11.5 Å². The van der Waals surface area contributed by atoms with Gasteiger partial charge in [0.15, 0.2) is 0 Å². The fourth-order valence-corrected chi connectivity index (χ4v) is 3.65. The van der Waals surface area contributed by atoms with Gasteiger partial charge in [0.1, 0.15) is 17.5 Å². The van der Waals surface area contributed by atoms with Crippen LogP contribution < -0.4 is 9.47 Å². The SMILES string of the molecule is COc1ccc(C(c2ccc(OC)cc2)N2C(=O)C(C(C)O)C2C(=O)O)cc1. The molecule has 3 atom stereocenters. The predicted octanol–water partition coefficient (Wildman–Crippen LogP) is 2.09. The van der Waals surface area contributed by atoms with Gasteiger partial charge in [-0.25, -0.2) is 4.79 Å². The van der Waals surface area contributed by atoms with Crippen LogP contribution in [0.1, 0.15) is 24.1 Å². The largest absolute Gasteiger partial charge is 0.497 e. The molecule has 0 radical (unpaired) electrons. The monoisotopic (exact) mass is 385 g/mol. The molecule has 0 aromatic heterocycles. The Bertz CT molecular complexity index is 799. The van der Waals surface area contributed by atoms with Crippen molar-refractivity contribution in [3.63, 3.8) is 0 Å². The summed E-state index contributed by atoms with van der Waals surface area (Å²) in [4.78, 5) is 26.0. The molecule has 148 valence electrons. The van der Waals surface area contributed by atoms with Gasteiger partial charge in [0, 0.05) is 0 Å². The fraction of sp³-hybridized carbons (Fsp3) is 0.333. The molecule has 1 heterocycles. The number of β-lactam (4-membered cyclic amide) rings is 1. The Labute approximate surface area is 163 Å². The lowest BCUT2D eigenvalue weighted by Gasteiger charge is -2.50. The van der Waals surface area contributed by atoms with Gasteiger partial charge in [-0.3, -0.25) is 4.79 Å². The third-order valence-electron chi connectivity index (χ3n) is 5.09. The summed E-state index contributed by atoms with van der Waals surface area (Å²) < 4.78 is 10.4. The first-order valence-electron chi connectivity index (χ1n) is 8.90. The van der Waals surface area contributed by atoms with E-state index in [1.54, 1.807) is 62.8 Å². The number of aliphatic hydroxyl groups is 1. The number of aliphatic hydroxyl groups excluding tert-OH is 1. The maximum Gasteiger partial charge on any atom is 0.327 e. The van der Waals surface area contributed by atoms with Crippen LogP contribution in [0.15, 0.2) is 48.5 Å². The number of hydrogen-bond donors (Lipinski definition) is 2. The van der Waals surface area contributed by atoms with Gasteiger partial charge in [-0.15, -0.1) is 0 Å². The van der Waals surface area contributed by atoms with Crippen LogP contribution in [0, 0.1) is 5.92 Å². The second-order valence-corrected chi connectivity index (χ2v) is 6.74. The first-order valence-corrected chi connectivity index (χ1v) is 8.90. The molecule has 1 aliphatic heterocycles. The smallest absolute Gasteiger partial charge is 0.327 e. The van der Waals surface area contributed by atoms with Crippen LogP contribution in [0.2, 0.25) is 0 Å². The Morgan fingerprint density at radius 1 is 0.964 bits per heavy atom. The van der Waals surface area contributed by atoms with E-state index in [0.717, 1.165) is 11.1 Å². The van der Waals surface area contributed by atoms with Crippen LogP contribution in [0.4, 0.5) is 0 Å². The first-order chi connectivity index (χ1) is 13.4. The number of hydrogen-bond acceptors (Lipinski definition) is 5. The molecule has 3 rings (SSSR count). The third-order valence-corrected chi connectivity index (χ3v) is 5.09. The van der Waals surface area contributed by atoms with Crippen molar-refractivity contribution >= 4 is 11.9 Å². The highest BCUT2D eigenvalue weighted by Gasteiger charge is 2.56. The van der Waals surface area contributed by atoms with Crippen molar-refractivity contribution < 1.29 is 29.3 Å². The van der Waals surface area contributed by atoms with Gasteiger partial charge in [-0.1, -0.05) is 24.3 Å². The Balaban J connectivity index is 2.07. The van der Waals surface area contributed by atoms with Crippen molar-refractivity contribution in [2.24, 2.45) is 5.92 Å². The minimum Gasteiger partial charge on any atom is -0.497 e. The lowest BCUT2D eigenvalue weighted by Crippen LogP contribution is -2.68. The fourth-order valence-electron chi connectivity index (χ4n) is 3.65. The summed E-state index contributed by atoms with van der Waals surface area (Å²) in [7, 11) is 3.12. The minimum atomic E-state index is -1.14. The van der Waals surface area contributed by atoms with Gasteiger partial charge in [-0.05, 0) is 42.3 Å². The number of nitrogens with zero attached hydrogens (tertiary/aromatic N) is 1. The highest BCUT2D eigenvalue weighted by atomic mass is 16.5. The van der Waals surface area contributed by atoms with Crippen molar-refractivity contribution in [1.82, 2.24) is 4.90 Å². The Kier molecular flexibility index (Phi) is 5.56. The van der Waals surface area contributed by atoms with Gasteiger partial charge in [0.05, 0.1) is 32.3 Å². The molecule has 1 amide bonds. The normalized spacial score (nSPS) is 19.9. The molecule has 0 bridgehead atoms. The van der Waals surface area contributed by atoms with E-state index in [4.69, 9.17) is 9.47 Å². The number of carbonyl (C=O) groups is 2. The molecular formula is C21H23NO6. The van der Waals surface area contributed by atoms with Crippen molar-refractivity contribution in [2.45, 2.75) is 25.1 Å². The van der Waals surface area contributed by atoms with Crippen molar-refractivity contribution in [2.75, 3.05) is 14.2 Å². The Morgan fingerprint density at radius 3 is 1.71 bits per heavy atom. The third kappa shape index (κ3) is 3.41. The first kappa shape index (κ1) is 19.7. The molecule has 0 spiro atoms. The summed E-state index contributed by atoms with van der Waals surface area (Å²) in [6.07, 6.45) is -1.04. The van der Waals surface area contributed by atoms with E-state index in [1.165, 1.54) is 11.8 Å². The molecular weight excluding hydrogens is 362 g/mol. The van der Waals surface area contributed by atoms with E-state index in [2.05, 4.69) is 0 Å². The minimum absolute atomic E-state index is 0.390. The van der Waals surface area contributed by atoms with E-state index >= 15 is 0 Å². The van der Waals surface area contributed by atoms with Gasteiger partial charge in [-0.2, -0.15) is 0 Å². The van der Waals surface area contributed by atoms with Crippen molar-refractivity contribution in [3.05, 3.63) is 59.7 Å². The van der Waals surface area contributed by atoms with Crippen LogP contribution in [-0.2, 0) is 9.59 Å². The van der Waals surface area contributed by atoms with Gasteiger partial charge in [0.25, 0.3) is 0 Å². The average Bonchev–Trinajstić information content (AvgIpc) is 2.69. The quantitative estimate of drug-likeness (QED) is 0.709. The standard InChI is InChI=1S/C21H23NO6/c1-12(23)17-19(21(25)26)22(20(17)24)18(13-4-8-15(27-2)9-5-13)14-6-10-16(28-3)11-7-14/h4-12,17-19,23H,1-3H3,(H,25,26). The van der Waals surface area contributed by atoms with E-state index < -0.39 is 30.1 Å². The zero-order valence-electron chi connectivity index (χ0n) is 15.9. The van der Waals surface area contributed by atoms with Crippen LogP contribution in [-0.4, -0.2) is 53.4 Å². The Morgan fingerprint density at radius 2 is 1.39 bits per heavy atom. The second-order valence-electron chi connectivity index (χ2n) is 6.74. The number of carboxylic acid groups (broad SMARTS) is 1. The highest BCUT2D eigenvalue weighted by molar-refractivity contribution is 5.97. The van der Waals surface area contributed by atoms with E-state index in [-0.39, 0.29) is 5.91 Å². The summed E-state index contributed by atoms with van der Waals surface area (Å²) in [6, 6.07) is 12.5. The summed E-state index contributed by atoms with van der Waals surface area (Å²) in [5.74, 6) is -1.18. The molecule has 1 fully saturated rings. The Hall–Kier alpha value is -3.06. The number of amides is 1. The van der Waals surface area contributed by atoms with Crippen molar-refractivity contribution in [3.8, 4) is 11.5 Å². The maximum absolute atomic E-state index is 12.8. The van der Waals surface area contributed by atoms with Gasteiger partial charge in [0.2, 0.25) is 5.91 Å². The number of methoxy groups -OCH3 is 2. The summed E-state index contributed by atoms with van der Waals surface area (Å²) in [5, 5.41) is 19.6. The number of carboxylic acids is 1. The van der Waals surface area contributed by atoms with E-state index in [9.17, 15) is 19.8 Å². The molecule has 2 aromatic rings. The van der Waals surface area contributed by atoms with Crippen LogP contribution >= 0.6 is 0 Å². The molecule has 7 heteroatoms. The van der Waals surface area contributed by atoms with Gasteiger partial charge >= 0.3 is 5.97 Å². The number of ether oxygens (including phenoxy) is 2. The zero-order chi connectivity index (χ0) is 20.4. The van der Waals surface area contributed by atoms with E-state index in [0.29, 0.717) is 11.5 Å². The topological polar surface area (TPSA) is 96.3 Å². The number of aliphatic carboxylic acids is 1. The molecule has 7 nitrogen and oxygen atoms in total. The molecule has 0 aliphatic carbocycles. The maximum atomic E-state index is 12.8. The average molecular weight is 385 g/mol. The molecule has 1 aliphatic rings. The summed E-state index contributed by atoms with van der Waals surface area (Å²) >= 11 is 0. The molecule has 2 N–H and O–H groups in total. The number of likely N-dealkylation sites (tertiary alicyclic amines) is 1. The molecule has 2 aromatic carbocycles. The highest BCUT2D eigenvalue weighted by Crippen LogP contribution is 2.41. The van der Waals surface area contributed by atoms with E-state index in [1.807, 2.05) is 0 Å². The van der Waals surface area contributed by atoms with Gasteiger partial charge < -0.3 is 24.6 Å². The van der Waals surface area contributed by atoms with Crippen LogP contribution in [0.25, 0.3) is 0 Å². The van der Waals surface area contributed by atoms with Crippen LogP contribution in [0.3, 0.4) is 0 Å². The second kappa shape index (κ2) is 7.90. The molecule has 0 saturated carbocycles. The molecule has 28 heavy (non-hydrogen) atoms. The number of benzene rings is 2. The molecule has 1 saturated heterocycles. The lowest BCUT2D eigenvalue weighted by molar-refractivity contribution is -0.180. The number of rotatable bonds is 7. The summed E-state index contributed by atoms with van der Waals surface area (Å²) in [6.45, 7) is 1.44. The van der Waals surface area contributed by atoms with Crippen molar-refractivity contribution in [1.29, 1.82) is 0 Å². The predicted molar refractivity (Wildman–Crippen MR) is 101 cm³/mol. The zero-order valence-corrected chi connectivity index (χ0v) is 15.9. The number of carbonyl (C=O) groups excluding carboxylic acids is 1. The summed E-state index contributed by atoms with van der Waals surface area (Å²) in [5.41, 5.74) is 1.49. The lowest BCUT2D eigenvalue weighted by atomic mass is 9.79.